The number of aromatic amines is 2. The van der Waals surface area contributed by atoms with Gasteiger partial charge in [-0.1, -0.05) is 24.3 Å². The van der Waals surface area contributed by atoms with Crippen LogP contribution in [0.25, 0.3) is 11.0 Å². The van der Waals surface area contributed by atoms with Crippen molar-refractivity contribution in [2.24, 2.45) is 10.9 Å². The van der Waals surface area contributed by atoms with Crippen molar-refractivity contribution < 1.29 is 19.1 Å². The second-order valence-corrected chi connectivity index (χ2v) is 8.80. The summed E-state index contributed by atoms with van der Waals surface area (Å²) >= 11 is 0. The first-order chi connectivity index (χ1) is 17.1. The topological polar surface area (TPSA) is 109 Å². The Morgan fingerprint density at radius 2 is 2.00 bits per heavy atom. The molecule has 0 radical (unpaired) electrons. The predicted molar refractivity (Wildman–Crippen MR) is 131 cm³/mol. The molecule has 2 aromatic heterocycles. The number of fused-ring (bicyclic) bond motifs is 3. The molecule has 0 bridgehead atoms. The Hall–Kier alpha value is -4.20. The first-order valence-corrected chi connectivity index (χ1v) is 11.8. The molecule has 1 fully saturated rings. The number of Topliss-reactive ketones (excluding diaryl/α,β-unsaturated/α-hetero) is 1. The molecule has 8 nitrogen and oxygen atoms in total. The molecule has 0 spiro atoms. The Morgan fingerprint density at radius 3 is 2.86 bits per heavy atom. The van der Waals surface area contributed by atoms with Crippen LogP contribution in [0.5, 0.6) is 11.8 Å². The van der Waals surface area contributed by atoms with Crippen molar-refractivity contribution in [3.05, 3.63) is 71.5 Å². The average Bonchev–Trinajstić information content (AvgIpc) is 3.46. The van der Waals surface area contributed by atoms with Gasteiger partial charge in [-0.25, -0.2) is 4.79 Å². The molecule has 1 aliphatic heterocycles. The maximum atomic E-state index is 13.1. The van der Waals surface area contributed by atoms with Crippen LogP contribution >= 0.6 is 0 Å². The summed E-state index contributed by atoms with van der Waals surface area (Å²) < 4.78 is 11.3. The van der Waals surface area contributed by atoms with Crippen molar-refractivity contribution in [3.63, 3.8) is 0 Å². The van der Waals surface area contributed by atoms with Crippen molar-refractivity contribution >= 4 is 34.2 Å². The number of hydrogen-bond donors (Lipinski definition) is 2. The first-order valence-electron chi connectivity index (χ1n) is 11.8. The van der Waals surface area contributed by atoms with E-state index in [4.69, 9.17) is 14.5 Å². The molecule has 1 unspecified atom stereocenters. The first kappa shape index (κ1) is 21.3. The number of nitrogens with one attached hydrogen (secondary N) is 2. The van der Waals surface area contributed by atoms with Crippen LogP contribution in [0.4, 0.5) is 5.69 Å². The minimum atomic E-state index is -0.445. The number of benzene rings is 2. The predicted octanol–water partition coefficient (Wildman–Crippen LogP) is 5.45. The van der Waals surface area contributed by atoms with Crippen LogP contribution in [-0.2, 0) is 9.53 Å². The molecule has 1 aliphatic carbocycles. The van der Waals surface area contributed by atoms with Gasteiger partial charge < -0.3 is 19.4 Å². The van der Waals surface area contributed by atoms with Crippen LogP contribution < -0.4 is 4.74 Å². The van der Waals surface area contributed by atoms with Crippen LogP contribution in [0.2, 0.25) is 0 Å². The van der Waals surface area contributed by atoms with Crippen molar-refractivity contribution in [2.75, 3.05) is 6.61 Å². The molecular formula is C27H24N4O4. The molecule has 2 aromatic carbocycles. The summed E-state index contributed by atoms with van der Waals surface area (Å²) in [4.78, 5) is 41.2. The SMILES string of the molecule is CCOC(=O)c1[nH]cc2c1N=C1CCCC(=O)C1[C@H]2c1cccc(Oc2nc3ccccc3[nH]2)c1. The normalized spacial score (nSPS) is 19.1. The molecule has 3 heterocycles. The number of nitrogens with zero attached hydrogens (tertiary/aromatic N) is 2. The molecule has 35 heavy (non-hydrogen) atoms. The number of para-hydroxylation sites is 2. The molecule has 0 saturated heterocycles. The number of carbonyl (C=O) groups is 2. The Morgan fingerprint density at radius 1 is 1.11 bits per heavy atom. The van der Waals surface area contributed by atoms with E-state index in [-0.39, 0.29) is 24.2 Å². The van der Waals surface area contributed by atoms with Gasteiger partial charge in [0.2, 0.25) is 0 Å². The summed E-state index contributed by atoms with van der Waals surface area (Å²) in [7, 11) is 0. The fourth-order valence-corrected chi connectivity index (χ4v) is 5.15. The third-order valence-corrected chi connectivity index (χ3v) is 6.65. The largest absolute Gasteiger partial charge is 0.461 e. The molecule has 2 N–H and O–H groups in total. The summed E-state index contributed by atoms with van der Waals surface area (Å²) in [5.41, 5.74) is 5.17. The lowest BCUT2D eigenvalue weighted by atomic mass is 9.70. The van der Waals surface area contributed by atoms with Gasteiger partial charge in [-0.3, -0.25) is 9.79 Å². The number of aromatic nitrogens is 3. The van der Waals surface area contributed by atoms with E-state index in [0.29, 0.717) is 29.6 Å². The van der Waals surface area contributed by atoms with E-state index < -0.39 is 5.97 Å². The highest BCUT2D eigenvalue weighted by Crippen LogP contribution is 2.47. The summed E-state index contributed by atoms with van der Waals surface area (Å²) in [5.74, 6) is -0.295. The Kier molecular flexibility index (Phi) is 5.21. The lowest BCUT2D eigenvalue weighted by Gasteiger charge is -2.34. The quantitative estimate of drug-likeness (QED) is 0.379. The average molecular weight is 469 g/mol. The van der Waals surface area contributed by atoms with Gasteiger partial charge >= 0.3 is 5.97 Å². The number of imidazole rings is 1. The fraction of sp³-hybridized carbons (Fsp3) is 0.259. The zero-order valence-corrected chi connectivity index (χ0v) is 19.2. The number of esters is 1. The maximum Gasteiger partial charge on any atom is 0.357 e. The highest BCUT2D eigenvalue weighted by atomic mass is 16.5. The van der Waals surface area contributed by atoms with Crippen LogP contribution in [-0.4, -0.2) is 39.0 Å². The molecule has 8 heteroatoms. The zero-order valence-electron chi connectivity index (χ0n) is 19.2. The second kappa shape index (κ2) is 8.54. The molecule has 4 aromatic rings. The molecule has 6 rings (SSSR count). The van der Waals surface area contributed by atoms with E-state index in [2.05, 4.69) is 15.0 Å². The number of ketones is 1. The smallest absolute Gasteiger partial charge is 0.357 e. The van der Waals surface area contributed by atoms with Gasteiger partial charge in [-0.2, -0.15) is 4.98 Å². The van der Waals surface area contributed by atoms with Gasteiger partial charge in [0.1, 0.15) is 11.5 Å². The van der Waals surface area contributed by atoms with E-state index in [9.17, 15) is 9.59 Å². The number of ether oxygens (including phenoxy) is 2. The summed E-state index contributed by atoms with van der Waals surface area (Å²) in [6, 6.07) is 15.8. The molecular weight excluding hydrogens is 444 g/mol. The summed E-state index contributed by atoms with van der Waals surface area (Å²) in [6.45, 7) is 2.04. The van der Waals surface area contributed by atoms with E-state index in [0.717, 1.165) is 40.7 Å². The third kappa shape index (κ3) is 3.71. The van der Waals surface area contributed by atoms with Gasteiger partial charge in [-0.15, -0.1) is 0 Å². The zero-order chi connectivity index (χ0) is 23.9. The van der Waals surface area contributed by atoms with Crippen molar-refractivity contribution in [1.29, 1.82) is 0 Å². The number of H-pyrrole nitrogens is 2. The molecule has 2 aliphatic rings. The maximum absolute atomic E-state index is 13.1. The summed E-state index contributed by atoms with van der Waals surface area (Å²) in [6.07, 6.45) is 3.81. The minimum Gasteiger partial charge on any atom is -0.461 e. The number of hydrogen-bond acceptors (Lipinski definition) is 6. The number of rotatable bonds is 5. The monoisotopic (exact) mass is 468 g/mol. The van der Waals surface area contributed by atoms with Crippen molar-refractivity contribution in [2.45, 2.75) is 32.1 Å². The molecule has 0 amide bonds. The highest BCUT2D eigenvalue weighted by Gasteiger charge is 2.42. The Balaban J connectivity index is 1.40. The van der Waals surface area contributed by atoms with E-state index in [1.165, 1.54) is 0 Å². The molecule has 1 saturated carbocycles. The standard InChI is InChI=1S/C27H24N4O4/c1-2-34-26(33)25-24-17(14-28-25)22(23-20(29-24)11-6-12-21(23)32)15-7-5-8-16(13-15)35-27-30-18-9-3-4-10-19(18)31-27/h3-5,7-10,13-14,22-23,28H,2,6,11-12H2,1H3,(H,30,31)/t22-,23?/m0/s1. The van der Waals surface area contributed by atoms with Crippen LogP contribution in [0.1, 0.15) is 53.7 Å². The Bertz CT molecular complexity index is 1450. The Labute approximate surface area is 201 Å². The van der Waals surface area contributed by atoms with Gasteiger partial charge in [-0.05, 0) is 49.6 Å². The summed E-state index contributed by atoms with van der Waals surface area (Å²) in [5, 5.41) is 0. The van der Waals surface area contributed by atoms with Crippen LogP contribution in [0.3, 0.4) is 0 Å². The van der Waals surface area contributed by atoms with Gasteiger partial charge in [0.05, 0.1) is 29.2 Å². The molecule has 176 valence electrons. The number of carbonyl (C=O) groups excluding carboxylic acids is 2. The lowest BCUT2D eigenvalue weighted by molar-refractivity contribution is -0.121. The number of aliphatic imine (C=N–C) groups is 1. The van der Waals surface area contributed by atoms with E-state index >= 15 is 0 Å². The van der Waals surface area contributed by atoms with Crippen molar-refractivity contribution in [3.8, 4) is 11.8 Å². The molecule has 2 atom stereocenters. The van der Waals surface area contributed by atoms with E-state index in [1.54, 1.807) is 13.1 Å². The minimum absolute atomic E-state index is 0.174. The van der Waals surface area contributed by atoms with Crippen LogP contribution in [0.15, 0.2) is 59.7 Å². The van der Waals surface area contributed by atoms with Gasteiger partial charge in [0.25, 0.3) is 6.01 Å². The van der Waals surface area contributed by atoms with E-state index in [1.807, 2.05) is 48.5 Å². The fourth-order valence-electron chi connectivity index (χ4n) is 5.15. The van der Waals surface area contributed by atoms with Crippen molar-refractivity contribution in [1.82, 2.24) is 15.0 Å². The second-order valence-electron chi connectivity index (χ2n) is 8.80. The van der Waals surface area contributed by atoms with Gasteiger partial charge in [0, 0.05) is 29.8 Å². The third-order valence-electron chi connectivity index (χ3n) is 6.65. The highest BCUT2D eigenvalue weighted by molar-refractivity contribution is 6.11. The van der Waals surface area contributed by atoms with Gasteiger partial charge in [0.15, 0.2) is 5.69 Å². The van der Waals surface area contributed by atoms with Crippen LogP contribution in [0, 0.1) is 5.92 Å². The lowest BCUT2D eigenvalue weighted by Crippen LogP contribution is -2.36.